The van der Waals surface area contributed by atoms with Crippen LogP contribution in [0.5, 0.6) is 5.75 Å². The maximum Gasteiger partial charge on any atom is 0.123 e. The molecule has 0 heterocycles. The molecule has 3 rings (SSSR count). The number of ether oxygens (including phenoxy) is 1. The number of nitrogens with zero attached hydrogens (tertiary/aromatic N) is 1. The zero-order chi connectivity index (χ0) is 13.9. The fraction of sp³-hybridized carbons (Fsp3) is 0.188. The van der Waals surface area contributed by atoms with Crippen molar-refractivity contribution in [1.29, 1.82) is 0 Å². The lowest BCUT2D eigenvalue weighted by molar-refractivity contribution is 0.303. The first-order chi connectivity index (χ1) is 9.78. The van der Waals surface area contributed by atoms with Gasteiger partial charge in [0.2, 0.25) is 0 Å². The highest BCUT2D eigenvalue weighted by Gasteiger charge is 2.21. The van der Waals surface area contributed by atoms with Gasteiger partial charge in [0.05, 0.1) is 5.71 Å². The summed E-state index contributed by atoms with van der Waals surface area (Å²) in [5, 5.41) is 13.0. The molecule has 0 saturated carbocycles. The maximum absolute atomic E-state index is 8.97. The number of hydrogen-bond acceptors (Lipinski definition) is 3. The van der Waals surface area contributed by atoms with Crippen LogP contribution in [0, 0.1) is 0 Å². The molecule has 0 spiro atoms. The van der Waals surface area contributed by atoms with Crippen molar-refractivity contribution in [2.24, 2.45) is 5.16 Å². The molecule has 1 aliphatic rings. The molecular formula is C16H14ClNO2. The number of hydrogen-bond donors (Lipinski definition) is 1. The van der Waals surface area contributed by atoms with Gasteiger partial charge in [0.25, 0.3) is 0 Å². The van der Waals surface area contributed by atoms with Gasteiger partial charge in [-0.15, -0.1) is 0 Å². The van der Waals surface area contributed by atoms with Gasteiger partial charge in [0.15, 0.2) is 0 Å². The third-order valence-corrected chi connectivity index (χ3v) is 3.69. The molecule has 1 N–H and O–H groups in total. The maximum atomic E-state index is 8.97. The minimum Gasteiger partial charge on any atom is -0.489 e. The summed E-state index contributed by atoms with van der Waals surface area (Å²) < 4.78 is 5.89. The molecule has 0 radical (unpaired) electrons. The minimum absolute atomic E-state index is 0.475. The van der Waals surface area contributed by atoms with Crippen molar-refractivity contribution in [3.63, 3.8) is 0 Å². The van der Waals surface area contributed by atoms with E-state index in [1.54, 1.807) is 0 Å². The van der Waals surface area contributed by atoms with Crippen LogP contribution >= 0.6 is 11.6 Å². The molecular weight excluding hydrogens is 274 g/mol. The Hall–Kier alpha value is -2.00. The lowest BCUT2D eigenvalue weighted by Crippen LogP contribution is -1.99. The van der Waals surface area contributed by atoms with Gasteiger partial charge in [-0.25, -0.2) is 0 Å². The van der Waals surface area contributed by atoms with Crippen molar-refractivity contribution in [3.05, 3.63) is 64.2 Å². The van der Waals surface area contributed by atoms with Crippen molar-refractivity contribution in [3.8, 4) is 5.75 Å². The van der Waals surface area contributed by atoms with Crippen molar-refractivity contribution >= 4 is 17.3 Å². The molecule has 0 bridgehead atoms. The van der Waals surface area contributed by atoms with Crippen molar-refractivity contribution in [2.45, 2.75) is 19.4 Å². The van der Waals surface area contributed by atoms with Crippen LogP contribution in [0.1, 0.15) is 23.1 Å². The molecule has 20 heavy (non-hydrogen) atoms. The Labute approximate surface area is 122 Å². The fourth-order valence-corrected chi connectivity index (χ4v) is 2.71. The van der Waals surface area contributed by atoms with E-state index < -0.39 is 0 Å². The summed E-state index contributed by atoms with van der Waals surface area (Å²) in [5.74, 6) is 0.848. The Balaban J connectivity index is 1.81. The van der Waals surface area contributed by atoms with Crippen molar-refractivity contribution < 1.29 is 9.94 Å². The van der Waals surface area contributed by atoms with E-state index in [-0.39, 0.29) is 0 Å². The molecule has 0 unspecified atom stereocenters. The number of halogens is 1. The smallest absolute Gasteiger partial charge is 0.123 e. The largest absolute Gasteiger partial charge is 0.489 e. The van der Waals surface area contributed by atoms with Crippen LogP contribution in [-0.4, -0.2) is 10.9 Å². The van der Waals surface area contributed by atoms with Crippen LogP contribution in [0.15, 0.2) is 47.6 Å². The zero-order valence-electron chi connectivity index (χ0n) is 10.8. The van der Waals surface area contributed by atoms with E-state index in [1.807, 2.05) is 42.5 Å². The molecule has 102 valence electrons. The number of fused-ring (bicyclic) bond motifs is 1. The molecule has 2 aromatic rings. The summed E-state index contributed by atoms with van der Waals surface area (Å²) in [4.78, 5) is 0. The number of oxime groups is 1. The summed E-state index contributed by atoms with van der Waals surface area (Å²) in [6, 6.07) is 13.5. The summed E-state index contributed by atoms with van der Waals surface area (Å²) in [6.45, 7) is 0.475. The highest BCUT2D eigenvalue weighted by atomic mass is 35.5. The normalized spacial score (nSPS) is 15.3. The van der Waals surface area contributed by atoms with Gasteiger partial charge < -0.3 is 9.94 Å². The second-order valence-electron chi connectivity index (χ2n) is 4.75. The van der Waals surface area contributed by atoms with E-state index in [0.29, 0.717) is 11.6 Å². The molecule has 0 aliphatic heterocycles. The lowest BCUT2D eigenvalue weighted by Gasteiger charge is -2.10. The molecule has 2 aromatic carbocycles. The van der Waals surface area contributed by atoms with E-state index >= 15 is 0 Å². The second kappa shape index (κ2) is 5.55. The first kappa shape index (κ1) is 13.0. The van der Waals surface area contributed by atoms with Crippen LogP contribution in [0.3, 0.4) is 0 Å². The average molecular weight is 288 g/mol. The topological polar surface area (TPSA) is 41.8 Å². The van der Waals surface area contributed by atoms with E-state index in [2.05, 4.69) is 5.16 Å². The van der Waals surface area contributed by atoms with E-state index in [0.717, 1.165) is 41.0 Å². The van der Waals surface area contributed by atoms with Gasteiger partial charge in [0, 0.05) is 16.1 Å². The van der Waals surface area contributed by atoms with Crippen LogP contribution in [-0.2, 0) is 13.0 Å². The molecule has 4 heteroatoms. The van der Waals surface area contributed by atoms with Gasteiger partial charge in [-0.2, -0.15) is 0 Å². The lowest BCUT2D eigenvalue weighted by atomic mass is 10.1. The van der Waals surface area contributed by atoms with Crippen LogP contribution in [0.4, 0.5) is 0 Å². The van der Waals surface area contributed by atoms with Gasteiger partial charge in [-0.3, -0.25) is 0 Å². The predicted octanol–water partition coefficient (Wildman–Crippen LogP) is 4.04. The first-order valence-electron chi connectivity index (χ1n) is 6.48. The van der Waals surface area contributed by atoms with Crippen molar-refractivity contribution in [2.75, 3.05) is 0 Å². The minimum atomic E-state index is 0.475. The fourth-order valence-electron chi connectivity index (χ4n) is 2.50. The quantitative estimate of drug-likeness (QED) is 0.684. The second-order valence-corrected chi connectivity index (χ2v) is 5.18. The molecule has 0 aromatic heterocycles. The third-order valence-electron chi connectivity index (χ3n) is 3.46. The standard InChI is InChI=1S/C16H14ClNO2/c17-12-4-1-3-11(9-12)10-20-16-6-2-5-13-14(16)7-8-15(13)18-19/h1-6,9,19H,7-8,10H2. The van der Waals surface area contributed by atoms with Gasteiger partial charge >= 0.3 is 0 Å². The number of rotatable bonds is 3. The predicted molar refractivity (Wildman–Crippen MR) is 78.9 cm³/mol. The van der Waals surface area contributed by atoms with Gasteiger partial charge in [-0.1, -0.05) is 41.0 Å². The first-order valence-corrected chi connectivity index (χ1v) is 6.86. The molecule has 0 amide bonds. The Morgan fingerprint density at radius 2 is 2.00 bits per heavy atom. The van der Waals surface area contributed by atoms with Gasteiger partial charge in [0.1, 0.15) is 12.4 Å². The molecule has 0 atom stereocenters. The highest BCUT2D eigenvalue weighted by Crippen LogP contribution is 2.31. The SMILES string of the molecule is ON=C1CCc2c(OCc3cccc(Cl)c3)cccc21. The Kier molecular flexibility index (Phi) is 3.61. The third kappa shape index (κ3) is 2.49. The van der Waals surface area contributed by atoms with Crippen molar-refractivity contribution in [1.82, 2.24) is 0 Å². The van der Waals surface area contributed by atoms with Gasteiger partial charge in [-0.05, 0) is 36.6 Å². The van der Waals surface area contributed by atoms with Crippen LogP contribution < -0.4 is 4.74 Å². The summed E-state index contributed by atoms with van der Waals surface area (Å²) in [7, 11) is 0. The Morgan fingerprint density at radius 1 is 1.15 bits per heavy atom. The monoisotopic (exact) mass is 287 g/mol. The Morgan fingerprint density at radius 3 is 2.80 bits per heavy atom. The summed E-state index contributed by atoms with van der Waals surface area (Å²) >= 11 is 5.96. The van der Waals surface area contributed by atoms with E-state index in [1.165, 1.54) is 0 Å². The molecule has 1 aliphatic carbocycles. The molecule has 3 nitrogen and oxygen atoms in total. The molecule has 0 fully saturated rings. The van der Waals surface area contributed by atoms with E-state index in [9.17, 15) is 0 Å². The van der Waals surface area contributed by atoms with E-state index in [4.69, 9.17) is 21.5 Å². The summed E-state index contributed by atoms with van der Waals surface area (Å²) in [5.41, 5.74) is 3.86. The Bertz CT molecular complexity index is 667. The van der Waals surface area contributed by atoms with Crippen LogP contribution in [0.2, 0.25) is 5.02 Å². The summed E-state index contributed by atoms with van der Waals surface area (Å²) in [6.07, 6.45) is 1.60. The molecule has 0 saturated heterocycles. The van der Waals surface area contributed by atoms with Crippen LogP contribution in [0.25, 0.3) is 0 Å². The highest BCUT2D eigenvalue weighted by molar-refractivity contribution is 6.30. The number of benzene rings is 2. The zero-order valence-corrected chi connectivity index (χ0v) is 11.6. The average Bonchev–Trinajstić information content (AvgIpc) is 2.89.